The number of carbonyl (C=O) groups excluding carboxylic acids is 1. The molecule has 0 spiro atoms. The van der Waals surface area contributed by atoms with Crippen LogP contribution in [0.5, 0.6) is 11.5 Å². The Balaban J connectivity index is 1.50. The van der Waals surface area contributed by atoms with E-state index in [0.29, 0.717) is 37.3 Å². The number of amides is 1. The number of ether oxygens (including phenoxy) is 2. The molecule has 1 fully saturated rings. The predicted molar refractivity (Wildman–Crippen MR) is 135 cm³/mol. The van der Waals surface area contributed by atoms with Crippen molar-refractivity contribution in [3.63, 3.8) is 0 Å². The third-order valence-corrected chi connectivity index (χ3v) is 6.29. The van der Waals surface area contributed by atoms with Crippen LogP contribution < -0.4 is 14.8 Å². The molecule has 11 heteroatoms. The van der Waals surface area contributed by atoms with Gasteiger partial charge in [0.25, 0.3) is 11.6 Å². The number of nitrogens with zero attached hydrogens (tertiary/aromatic N) is 2. The normalized spacial score (nSPS) is 15.3. The molecule has 0 aliphatic carbocycles. The van der Waals surface area contributed by atoms with Crippen molar-refractivity contribution in [3.8, 4) is 11.5 Å². The summed E-state index contributed by atoms with van der Waals surface area (Å²) in [6.45, 7) is 0.175. The van der Waals surface area contributed by atoms with Crippen molar-refractivity contribution in [2.45, 2.75) is 6.61 Å². The minimum Gasteiger partial charge on any atom is -0.493 e. The van der Waals surface area contributed by atoms with Gasteiger partial charge in [-0.1, -0.05) is 0 Å². The van der Waals surface area contributed by atoms with Crippen LogP contribution in [0, 0.1) is 15.9 Å². The first-order valence-electron chi connectivity index (χ1n) is 10.1. The van der Waals surface area contributed by atoms with E-state index in [1.54, 1.807) is 30.3 Å². The summed E-state index contributed by atoms with van der Waals surface area (Å²) >= 11 is 4.65. The monoisotopic (exact) mass is 557 g/mol. The number of hydrogen-bond donors (Lipinski definition) is 1. The largest absolute Gasteiger partial charge is 0.493 e. The quantitative estimate of drug-likeness (QED) is 0.218. The van der Waals surface area contributed by atoms with E-state index in [1.807, 2.05) is 0 Å². The molecule has 1 N–H and O–H groups in total. The molecular formula is C24H17BrFN3O5S. The Hall–Kier alpha value is -3.70. The summed E-state index contributed by atoms with van der Waals surface area (Å²) in [5.41, 5.74) is 1.97. The minimum atomic E-state index is -0.460. The first-order chi connectivity index (χ1) is 16.8. The van der Waals surface area contributed by atoms with Crippen molar-refractivity contribution in [2.24, 2.45) is 4.99 Å². The first kappa shape index (κ1) is 24.4. The number of benzene rings is 3. The zero-order valence-electron chi connectivity index (χ0n) is 18.2. The highest BCUT2D eigenvalue weighted by Gasteiger charge is 2.24. The number of rotatable bonds is 7. The lowest BCUT2D eigenvalue weighted by Crippen LogP contribution is -2.19. The van der Waals surface area contributed by atoms with E-state index in [2.05, 4.69) is 26.2 Å². The van der Waals surface area contributed by atoms with Crippen molar-refractivity contribution in [3.05, 3.63) is 97.1 Å². The molecule has 1 saturated heterocycles. The van der Waals surface area contributed by atoms with Gasteiger partial charge in [0.2, 0.25) is 0 Å². The maximum atomic E-state index is 13.1. The molecule has 178 valence electrons. The van der Waals surface area contributed by atoms with Crippen molar-refractivity contribution in [1.29, 1.82) is 0 Å². The molecule has 3 aromatic carbocycles. The Morgan fingerprint density at radius 3 is 2.54 bits per heavy atom. The minimum absolute atomic E-state index is 0.00425. The Morgan fingerprint density at radius 2 is 1.89 bits per heavy atom. The molecule has 0 radical (unpaired) electrons. The van der Waals surface area contributed by atoms with Crippen molar-refractivity contribution < 1.29 is 23.6 Å². The fourth-order valence-corrected chi connectivity index (χ4v) is 4.51. The van der Waals surface area contributed by atoms with Gasteiger partial charge < -0.3 is 14.8 Å². The van der Waals surface area contributed by atoms with E-state index in [1.165, 1.54) is 55.3 Å². The van der Waals surface area contributed by atoms with Crippen LogP contribution >= 0.6 is 27.7 Å². The molecule has 0 aromatic heterocycles. The lowest BCUT2D eigenvalue weighted by atomic mass is 10.1. The number of thioether (sulfide) groups is 1. The van der Waals surface area contributed by atoms with E-state index in [0.717, 1.165) is 5.56 Å². The van der Waals surface area contributed by atoms with Crippen LogP contribution in [0.4, 0.5) is 15.8 Å². The average molecular weight is 558 g/mol. The van der Waals surface area contributed by atoms with E-state index in [-0.39, 0.29) is 24.0 Å². The summed E-state index contributed by atoms with van der Waals surface area (Å²) in [6.07, 6.45) is 1.70. The second-order valence-electron chi connectivity index (χ2n) is 7.20. The fraction of sp³-hybridized carbons (Fsp3) is 0.0833. The summed E-state index contributed by atoms with van der Waals surface area (Å²) < 4.78 is 25.1. The number of nitrogens with one attached hydrogen (secondary N) is 1. The highest BCUT2D eigenvalue weighted by Crippen LogP contribution is 2.39. The van der Waals surface area contributed by atoms with Crippen LogP contribution in [-0.4, -0.2) is 23.1 Å². The topological polar surface area (TPSA) is 103 Å². The fourth-order valence-electron chi connectivity index (χ4n) is 3.10. The standard InChI is InChI=1S/C24H17BrFN3O5S/c1-33-20-11-15(10-19(25)22(20)34-13-14-2-8-18(9-3-14)29(31)32)12-21-23(30)28-24(35-21)27-17-6-4-16(26)5-7-17/h2-12H,13H2,1H3,(H,27,28,30)/b21-12+. The average Bonchev–Trinajstić information content (AvgIpc) is 3.18. The smallest absolute Gasteiger partial charge is 0.269 e. The molecule has 35 heavy (non-hydrogen) atoms. The highest BCUT2D eigenvalue weighted by molar-refractivity contribution is 9.10. The highest BCUT2D eigenvalue weighted by atomic mass is 79.9. The molecule has 1 aliphatic rings. The lowest BCUT2D eigenvalue weighted by molar-refractivity contribution is -0.384. The molecule has 0 bridgehead atoms. The SMILES string of the molecule is COc1cc(/C=C2/SC(=Nc3ccc(F)cc3)NC2=O)cc(Br)c1OCc1ccc([N+](=O)[O-])cc1. The number of amidine groups is 1. The summed E-state index contributed by atoms with van der Waals surface area (Å²) in [5, 5.41) is 13.9. The Kier molecular flexibility index (Phi) is 7.47. The van der Waals surface area contributed by atoms with E-state index in [4.69, 9.17) is 9.47 Å². The van der Waals surface area contributed by atoms with Crippen LogP contribution in [0.3, 0.4) is 0 Å². The van der Waals surface area contributed by atoms with E-state index in [9.17, 15) is 19.3 Å². The molecule has 1 amide bonds. The maximum absolute atomic E-state index is 13.1. The molecule has 0 saturated carbocycles. The van der Waals surface area contributed by atoms with Crippen LogP contribution in [0.25, 0.3) is 6.08 Å². The predicted octanol–water partition coefficient (Wildman–Crippen LogP) is 5.98. The van der Waals surface area contributed by atoms with Gasteiger partial charge >= 0.3 is 0 Å². The van der Waals surface area contributed by atoms with Crippen LogP contribution in [0.15, 0.2) is 75.0 Å². The molecule has 1 heterocycles. The molecule has 0 unspecified atom stereocenters. The first-order valence-corrected chi connectivity index (χ1v) is 11.7. The van der Waals surface area contributed by atoms with E-state index >= 15 is 0 Å². The van der Waals surface area contributed by atoms with Gasteiger partial charge in [-0.3, -0.25) is 14.9 Å². The number of hydrogen-bond acceptors (Lipinski definition) is 7. The zero-order valence-corrected chi connectivity index (χ0v) is 20.6. The summed E-state index contributed by atoms with van der Waals surface area (Å²) in [5.74, 6) is 0.230. The van der Waals surface area contributed by atoms with Gasteiger partial charge in [0, 0.05) is 12.1 Å². The van der Waals surface area contributed by atoms with Gasteiger partial charge in [-0.15, -0.1) is 0 Å². The van der Waals surface area contributed by atoms with Gasteiger partial charge in [-0.05, 0) is 93.4 Å². The summed E-state index contributed by atoms with van der Waals surface area (Å²) in [6, 6.07) is 15.2. The Labute approximate surface area is 212 Å². The van der Waals surface area contributed by atoms with Crippen molar-refractivity contribution in [1.82, 2.24) is 5.32 Å². The molecule has 8 nitrogen and oxygen atoms in total. The number of non-ortho nitro benzene ring substituents is 1. The zero-order chi connectivity index (χ0) is 24.9. The van der Waals surface area contributed by atoms with Gasteiger partial charge in [0.15, 0.2) is 16.7 Å². The van der Waals surface area contributed by atoms with Crippen LogP contribution in [-0.2, 0) is 11.4 Å². The second-order valence-corrected chi connectivity index (χ2v) is 9.09. The van der Waals surface area contributed by atoms with Crippen LogP contribution in [0.1, 0.15) is 11.1 Å². The van der Waals surface area contributed by atoms with Gasteiger partial charge in [-0.2, -0.15) is 0 Å². The maximum Gasteiger partial charge on any atom is 0.269 e. The third-order valence-electron chi connectivity index (χ3n) is 4.79. The number of carbonyl (C=O) groups is 1. The number of methoxy groups -OCH3 is 1. The van der Waals surface area contributed by atoms with Gasteiger partial charge in [0.1, 0.15) is 12.4 Å². The van der Waals surface area contributed by atoms with Crippen molar-refractivity contribution in [2.75, 3.05) is 7.11 Å². The second kappa shape index (κ2) is 10.7. The van der Waals surface area contributed by atoms with Crippen LogP contribution in [0.2, 0.25) is 0 Å². The molecular weight excluding hydrogens is 541 g/mol. The molecule has 1 aliphatic heterocycles. The van der Waals surface area contributed by atoms with Gasteiger partial charge in [0.05, 0.1) is 27.1 Å². The summed E-state index contributed by atoms with van der Waals surface area (Å²) in [4.78, 5) is 27.5. The number of nitro benzene ring substituents is 1. The third kappa shape index (κ3) is 6.06. The van der Waals surface area contributed by atoms with Crippen molar-refractivity contribution >= 4 is 56.2 Å². The molecule has 0 atom stereocenters. The Bertz CT molecular complexity index is 1340. The van der Waals surface area contributed by atoms with Gasteiger partial charge in [-0.25, -0.2) is 9.38 Å². The number of halogens is 2. The Morgan fingerprint density at radius 1 is 1.17 bits per heavy atom. The lowest BCUT2D eigenvalue weighted by Gasteiger charge is -2.14. The van der Waals surface area contributed by atoms with E-state index < -0.39 is 4.92 Å². The number of aliphatic imine (C=N–C) groups is 1. The molecule has 3 aromatic rings. The summed E-state index contributed by atoms with van der Waals surface area (Å²) in [7, 11) is 1.50. The molecule has 4 rings (SSSR count). The number of nitro groups is 1.